The number of ether oxygens (including phenoxy) is 1. The Kier molecular flexibility index (Phi) is 5.41. The molecule has 2 amide bonds. The van der Waals surface area contributed by atoms with E-state index in [1.54, 1.807) is 17.3 Å². The Balaban J connectivity index is 1.44. The zero-order valence-electron chi connectivity index (χ0n) is 16.2. The summed E-state index contributed by atoms with van der Waals surface area (Å²) in [5, 5.41) is 2.75. The summed E-state index contributed by atoms with van der Waals surface area (Å²) < 4.78 is 5.17. The molecule has 0 saturated carbocycles. The van der Waals surface area contributed by atoms with Gasteiger partial charge in [-0.15, -0.1) is 0 Å². The van der Waals surface area contributed by atoms with Gasteiger partial charge in [0.05, 0.1) is 6.04 Å². The van der Waals surface area contributed by atoms with Crippen LogP contribution in [0.5, 0.6) is 0 Å². The van der Waals surface area contributed by atoms with Crippen LogP contribution in [-0.2, 0) is 9.53 Å². The minimum absolute atomic E-state index is 0.126. The molecule has 2 aliphatic heterocycles. The monoisotopic (exact) mass is 393 g/mol. The summed E-state index contributed by atoms with van der Waals surface area (Å²) in [6.45, 7) is 3.71. The van der Waals surface area contributed by atoms with Crippen LogP contribution in [0.3, 0.4) is 0 Å². The molecule has 1 saturated heterocycles. The van der Waals surface area contributed by atoms with Crippen molar-refractivity contribution in [1.82, 2.24) is 15.3 Å². The van der Waals surface area contributed by atoms with Crippen molar-refractivity contribution in [3.63, 3.8) is 0 Å². The quantitative estimate of drug-likeness (QED) is 0.838. The van der Waals surface area contributed by atoms with Crippen LogP contribution < -0.4 is 15.1 Å². The van der Waals surface area contributed by atoms with Crippen LogP contribution >= 0.6 is 0 Å². The van der Waals surface area contributed by atoms with Gasteiger partial charge in [-0.05, 0) is 35.8 Å². The molecule has 1 aromatic heterocycles. The second kappa shape index (κ2) is 8.30. The van der Waals surface area contributed by atoms with E-state index in [0.29, 0.717) is 6.54 Å². The van der Waals surface area contributed by atoms with Gasteiger partial charge in [0.15, 0.2) is 0 Å². The molecule has 150 valence electrons. The molecule has 0 spiro atoms. The molecule has 0 radical (unpaired) electrons. The zero-order chi connectivity index (χ0) is 20.2. The molecule has 1 fully saturated rings. The number of amides is 2. The lowest BCUT2D eigenvalue weighted by atomic mass is 9.99. The minimum Gasteiger partial charge on any atom is -0.447 e. The number of cyclic esters (lactones) is 1. The van der Waals surface area contributed by atoms with Gasteiger partial charge < -0.3 is 15.0 Å². The first-order valence-electron chi connectivity index (χ1n) is 9.63. The number of carbonyl (C=O) groups excluding carboxylic acids is 2. The van der Waals surface area contributed by atoms with E-state index in [1.165, 1.54) is 12.5 Å². The van der Waals surface area contributed by atoms with Crippen LogP contribution in [0.1, 0.15) is 18.9 Å². The van der Waals surface area contributed by atoms with Gasteiger partial charge in [0.25, 0.3) is 0 Å². The van der Waals surface area contributed by atoms with Gasteiger partial charge in [0.1, 0.15) is 6.61 Å². The van der Waals surface area contributed by atoms with Crippen molar-refractivity contribution in [1.29, 1.82) is 0 Å². The van der Waals surface area contributed by atoms with Gasteiger partial charge in [0, 0.05) is 44.6 Å². The molecule has 2 aromatic rings. The number of nitrogens with zero attached hydrogens (tertiary/aromatic N) is 4. The summed E-state index contributed by atoms with van der Waals surface area (Å²) in [4.78, 5) is 35.7. The van der Waals surface area contributed by atoms with E-state index in [0.717, 1.165) is 36.7 Å². The highest BCUT2D eigenvalue weighted by Crippen LogP contribution is 2.28. The number of aromatic nitrogens is 2. The van der Waals surface area contributed by atoms with E-state index in [-0.39, 0.29) is 24.6 Å². The standard InChI is InChI=1S/C21H23N5O3/c1-15(27)24-13-19-14-29-21(28)26(19)18-5-3-16(4-6-18)17-7-11-25(12-8-17)20-22-9-2-10-23-20/h2-7,9-10,19H,8,11-14H2,1H3,(H,24,27). The second-order valence-corrected chi connectivity index (χ2v) is 7.06. The highest BCUT2D eigenvalue weighted by atomic mass is 16.6. The first-order valence-corrected chi connectivity index (χ1v) is 9.63. The average Bonchev–Trinajstić information content (AvgIpc) is 3.13. The maximum absolute atomic E-state index is 12.1. The second-order valence-electron chi connectivity index (χ2n) is 7.06. The van der Waals surface area contributed by atoms with Crippen LogP contribution in [0.25, 0.3) is 5.57 Å². The van der Waals surface area contributed by atoms with Crippen molar-refractivity contribution in [3.8, 4) is 0 Å². The maximum Gasteiger partial charge on any atom is 0.414 e. The normalized spacial score (nSPS) is 19.0. The summed E-state index contributed by atoms with van der Waals surface area (Å²) in [7, 11) is 0. The Morgan fingerprint density at radius 3 is 2.66 bits per heavy atom. The molecular weight excluding hydrogens is 370 g/mol. The average molecular weight is 393 g/mol. The first kappa shape index (κ1) is 18.9. The van der Waals surface area contributed by atoms with E-state index in [4.69, 9.17) is 4.74 Å². The topological polar surface area (TPSA) is 87.7 Å². The molecule has 1 unspecified atom stereocenters. The maximum atomic E-state index is 12.1. The Morgan fingerprint density at radius 2 is 2.00 bits per heavy atom. The number of hydrogen-bond donors (Lipinski definition) is 1. The lowest BCUT2D eigenvalue weighted by Gasteiger charge is -2.27. The lowest BCUT2D eigenvalue weighted by molar-refractivity contribution is -0.119. The zero-order valence-corrected chi connectivity index (χ0v) is 16.2. The fraction of sp³-hybridized carbons (Fsp3) is 0.333. The first-order chi connectivity index (χ1) is 14.1. The van der Waals surface area contributed by atoms with Crippen molar-refractivity contribution in [2.45, 2.75) is 19.4 Å². The number of anilines is 2. The molecule has 8 heteroatoms. The molecule has 0 aliphatic carbocycles. The van der Waals surface area contributed by atoms with E-state index < -0.39 is 0 Å². The Hall–Kier alpha value is -3.42. The number of nitrogens with one attached hydrogen (secondary N) is 1. The summed E-state index contributed by atoms with van der Waals surface area (Å²) in [6, 6.07) is 9.51. The minimum atomic E-state index is -0.386. The lowest BCUT2D eigenvalue weighted by Crippen LogP contribution is -2.42. The molecule has 29 heavy (non-hydrogen) atoms. The fourth-order valence-corrected chi connectivity index (χ4v) is 3.59. The molecular formula is C21H23N5O3. The number of rotatable bonds is 5. The predicted octanol–water partition coefficient (Wildman–Crippen LogP) is 2.23. The SMILES string of the molecule is CC(=O)NCC1COC(=O)N1c1ccc(C2=CCN(c3ncccn3)CC2)cc1. The molecule has 2 aliphatic rings. The van der Waals surface area contributed by atoms with Crippen molar-refractivity contribution in [2.75, 3.05) is 36.0 Å². The molecule has 0 bridgehead atoms. The van der Waals surface area contributed by atoms with Gasteiger partial charge in [-0.3, -0.25) is 9.69 Å². The Morgan fingerprint density at radius 1 is 1.24 bits per heavy atom. The molecule has 1 atom stereocenters. The Bertz CT molecular complexity index is 914. The van der Waals surface area contributed by atoms with Gasteiger partial charge in [-0.1, -0.05) is 18.2 Å². The van der Waals surface area contributed by atoms with Crippen LogP contribution in [0.2, 0.25) is 0 Å². The largest absolute Gasteiger partial charge is 0.447 e. The van der Waals surface area contributed by atoms with Crippen molar-refractivity contribution in [3.05, 3.63) is 54.4 Å². The van der Waals surface area contributed by atoms with Crippen molar-refractivity contribution >= 4 is 29.2 Å². The fourth-order valence-electron chi connectivity index (χ4n) is 3.59. The number of hydrogen-bond acceptors (Lipinski definition) is 6. The Labute approximate surface area is 169 Å². The van der Waals surface area contributed by atoms with Gasteiger partial charge in [-0.25, -0.2) is 14.8 Å². The third kappa shape index (κ3) is 4.21. The van der Waals surface area contributed by atoms with Crippen LogP contribution in [0, 0.1) is 0 Å². The molecule has 4 rings (SSSR count). The van der Waals surface area contributed by atoms with Crippen LogP contribution in [-0.4, -0.2) is 54.3 Å². The third-order valence-corrected chi connectivity index (χ3v) is 5.11. The van der Waals surface area contributed by atoms with E-state index in [9.17, 15) is 9.59 Å². The summed E-state index contributed by atoms with van der Waals surface area (Å²) in [5.41, 5.74) is 3.17. The predicted molar refractivity (Wildman–Crippen MR) is 110 cm³/mol. The highest BCUT2D eigenvalue weighted by molar-refractivity contribution is 5.90. The van der Waals surface area contributed by atoms with Gasteiger partial charge in [0.2, 0.25) is 11.9 Å². The third-order valence-electron chi connectivity index (χ3n) is 5.11. The summed E-state index contributed by atoms with van der Waals surface area (Å²) >= 11 is 0. The van der Waals surface area contributed by atoms with Gasteiger partial charge in [-0.2, -0.15) is 0 Å². The summed E-state index contributed by atoms with van der Waals surface area (Å²) in [5.74, 6) is 0.620. The molecule has 1 N–H and O–H groups in total. The van der Waals surface area contributed by atoms with Crippen LogP contribution in [0.4, 0.5) is 16.4 Å². The molecule has 1 aromatic carbocycles. The van der Waals surface area contributed by atoms with Crippen molar-refractivity contribution in [2.24, 2.45) is 0 Å². The van der Waals surface area contributed by atoms with Crippen LogP contribution in [0.15, 0.2) is 48.8 Å². The van der Waals surface area contributed by atoms with E-state index >= 15 is 0 Å². The molecule has 8 nitrogen and oxygen atoms in total. The number of benzene rings is 1. The van der Waals surface area contributed by atoms with E-state index in [2.05, 4.69) is 26.3 Å². The van der Waals surface area contributed by atoms with Gasteiger partial charge >= 0.3 is 6.09 Å². The molecule has 3 heterocycles. The van der Waals surface area contributed by atoms with E-state index in [1.807, 2.05) is 30.3 Å². The number of carbonyl (C=O) groups is 2. The van der Waals surface area contributed by atoms with Crippen molar-refractivity contribution < 1.29 is 14.3 Å². The smallest absolute Gasteiger partial charge is 0.414 e. The summed E-state index contributed by atoms with van der Waals surface area (Å²) in [6.07, 6.45) is 6.21. The highest BCUT2D eigenvalue weighted by Gasteiger charge is 2.34.